The Balaban J connectivity index is 3.28. The molecule has 0 fully saturated rings. The third kappa shape index (κ3) is 2.76. The van der Waals surface area contributed by atoms with Crippen molar-refractivity contribution in [2.75, 3.05) is 26.9 Å². The molecule has 0 aromatic carbocycles. The van der Waals surface area contributed by atoms with Crippen molar-refractivity contribution in [1.29, 1.82) is 0 Å². The fraction of sp³-hybridized carbons (Fsp3) is 0.615. The lowest BCUT2D eigenvalue weighted by molar-refractivity contribution is 0.117. The molecule has 1 aromatic heterocycles. The predicted molar refractivity (Wildman–Crippen MR) is 77.8 cm³/mol. The summed E-state index contributed by atoms with van der Waals surface area (Å²) < 4.78 is 0. The number of halogens is 1. The Hall–Kier alpha value is -0.840. The number of nitrogens with zero attached hydrogens (tertiary/aromatic N) is 2. The molecule has 2 unspecified atom stereocenters. The zero-order valence-corrected chi connectivity index (χ0v) is 12.5. The Morgan fingerprint density at radius 3 is 2.61 bits per heavy atom. The van der Waals surface area contributed by atoms with Gasteiger partial charge in [-0.25, -0.2) is 4.98 Å². The van der Waals surface area contributed by atoms with E-state index in [0.29, 0.717) is 10.8 Å². The van der Waals surface area contributed by atoms with Crippen molar-refractivity contribution >= 4 is 17.4 Å². The summed E-state index contributed by atoms with van der Waals surface area (Å²) in [5.41, 5.74) is 6.88. The monoisotopic (exact) mass is 270 g/mol. The van der Waals surface area contributed by atoms with Crippen LogP contribution >= 0.6 is 11.6 Å². The van der Waals surface area contributed by atoms with E-state index in [4.69, 9.17) is 17.3 Å². The van der Waals surface area contributed by atoms with Crippen LogP contribution in [0.15, 0.2) is 12.3 Å². The molecule has 102 valence electrons. The van der Waals surface area contributed by atoms with Crippen molar-refractivity contribution in [2.45, 2.75) is 31.8 Å². The Kier molecular flexibility index (Phi) is 4.96. The van der Waals surface area contributed by atoms with Gasteiger partial charge in [0.05, 0.1) is 11.1 Å². The number of nitrogens with one attached hydrogen (secondary N) is 1. The lowest BCUT2D eigenvalue weighted by Crippen LogP contribution is -2.50. The maximum Gasteiger partial charge on any atom is 0.128 e. The highest BCUT2D eigenvalue weighted by Gasteiger charge is 2.36. The van der Waals surface area contributed by atoms with Crippen molar-refractivity contribution in [3.8, 4) is 0 Å². The van der Waals surface area contributed by atoms with Crippen LogP contribution in [-0.2, 0) is 0 Å². The minimum Gasteiger partial charge on any atom is -0.383 e. The van der Waals surface area contributed by atoms with Crippen LogP contribution in [0.25, 0.3) is 0 Å². The van der Waals surface area contributed by atoms with Gasteiger partial charge >= 0.3 is 0 Å². The molecule has 0 radical (unpaired) electrons. The first-order valence-corrected chi connectivity index (χ1v) is 6.50. The molecule has 0 spiro atoms. The summed E-state index contributed by atoms with van der Waals surface area (Å²) in [6, 6.07) is 1.96. The number of hydrogen-bond acceptors (Lipinski definition) is 4. The number of hydrogen-bond donors (Lipinski definition) is 2. The van der Waals surface area contributed by atoms with Gasteiger partial charge < -0.3 is 16.0 Å². The van der Waals surface area contributed by atoms with Gasteiger partial charge in [0.25, 0.3) is 0 Å². The van der Waals surface area contributed by atoms with Gasteiger partial charge in [0.15, 0.2) is 0 Å². The van der Waals surface area contributed by atoms with Gasteiger partial charge in [-0.05, 0) is 40.6 Å². The molecule has 5 heteroatoms. The van der Waals surface area contributed by atoms with Crippen molar-refractivity contribution in [3.05, 3.63) is 22.8 Å². The van der Waals surface area contributed by atoms with E-state index in [0.717, 1.165) is 12.0 Å². The third-order valence-electron chi connectivity index (χ3n) is 3.88. The second-order valence-corrected chi connectivity index (χ2v) is 5.39. The standard InChI is InChI=1S/C13H23ClN4/c1-6-13(2,18(4)5)11(16-3)10-7-9(14)8-17-12(10)15/h7-8,11,16H,6H2,1-5H3,(H2,15,17). The highest BCUT2D eigenvalue weighted by Crippen LogP contribution is 2.35. The molecule has 1 heterocycles. The molecule has 2 atom stereocenters. The molecular weight excluding hydrogens is 248 g/mol. The average molecular weight is 271 g/mol. The highest BCUT2D eigenvalue weighted by atomic mass is 35.5. The Morgan fingerprint density at radius 1 is 1.56 bits per heavy atom. The fourth-order valence-electron chi connectivity index (χ4n) is 2.28. The van der Waals surface area contributed by atoms with Crippen LogP contribution in [0.1, 0.15) is 31.9 Å². The second kappa shape index (κ2) is 5.87. The third-order valence-corrected chi connectivity index (χ3v) is 4.08. The van der Waals surface area contributed by atoms with Crippen LogP contribution < -0.4 is 11.1 Å². The first-order valence-electron chi connectivity index (χ1n) is 6.12. The second-order valence-electron chi connectivity index (χ2n) is 4.95. The molecule has 0 saturated carbocycles. The van der Waals surface area contributed by atoms with E-state index < -0.39 is 0 Å². The average Bonchev–Trinajstić information content (AvgIpc) is 2.33. The number of rotatable bonds is 5. The van der Waals surface area contributed by atoms with Crippen molar-refractivity contribution in [1.82, 2.24) is 15.2 Å². The molecule has 4 nitrogen and oxygen atoms in total. The van der Waals surface area contributed by atoms with Gasteiger partial charge in [0.1, 0.15) is 5.82 Å². The van der Waals surface area contributed by atoms with Gasteiger partial charge in [0.2, 0.25) is 0 Å². The maximum atomic E-state index is 6.03. The number of likely N-dealkylation sites (N-methyl/N-ethyl adjacent to an activating group) is 2. The van der Waals surface area contributed by atoms with Crippen molar-refractivity contribution in [3.63, 3.8) is 0 Å². The maximum absolute atomic E-state index is 6.03. The van der Waals surface area contributed by atoms with Gasteiger partial charge in [-0.1, -0.05) is 18.5 Å². The minimum atomic E-state index is -0.0603. The van der Waals surface area contributed by atoms with E-state index in [2.05, 4.69) is 43.1 Å². The number of aromatic nitrogens is 1. The van der Waals surface area contributed by atoms with Crippen LogP contribution in [0.5, 0.6) is 0 Å². The first kappa shape index (κ1) is 15.2. The van der Waals surface area contributed by atoms with Crippen LogP contribution in [0.2, 0.25) is 5.02 Å². The molecule has 0 bridgehead atoms. The van der Waals surface area contributed by atoms with E-state index in [1.165, 1.54) is 0 Å². The summed E-state index contributed by atoms with van der Waals surface area (Å²) in [4.78, 5) is 6.34. The summed E-state index contributed by atoms with van der Waals surface area (Å²) >= 11 is 6.03. The van der Waals surface area contributed by atoms with E-state index in [1.54, 1.807) is 6.20 Å². The zero-order valence-electron chi connectivity index (χ0n) is 11.8. The number of nitrogen functional groups attached to an aromatic ring is 1. The van der Waals surface area contributed by atoms with E-state index in [-0.39, 0.29) is 11.6 Å². The molecule has 1 aromatic rings. The SMILES string of the molecule is CCC(C)(C(NC)c1cc(Cl)cnc1N)N(C)C. The summed E-state index contributed by atoms with van der Waals surface area (Å²) in [5.74, 6) is 0.528. The van der Waals surface area contributed by atoms with E-state index >= 15 is 0 Å². The Morgan fingerprint density at radius 2 is 2.17 bits per heavy atom. The van der Waals surface area contributed by atoms with E-state index in [1.807, 2.05) is 13.1 Å². The van der Waals surface area contributed by atoms with E-state index in [9.17, 15) is 0 Å². The number of nitrogens with two attached hydrogens (primary N) is 1. The zero-order chi connectivity index (χ0) is 13.9. The quantitative estimate of drug-likeness (QED) is 0.862. The van der Waals surface area contributed by atoms with Gasteiger partial charge in [-0.3, -0.25) is 0 Å². The van der Waals surface area contributed by atoms with Gasteiger partial charge in [0, 0.05) is 17.3 Å². The molecule has 0 aliphatic carbocycles. The van der Waals surface area contributed by atoms with Crippen LogP contribution in [-0.4, -0.2) is 36.6 Å². The molecule has 0 saturated heterocycles. The highest BCUT2D eigenvalue weighted by molar-refractivity contribution is 6.30. The topological polar surface area (TPSA) is 54.2 Å². The minimum absolute atomic E-state index is 0.0603. The van der Waals surface area contributed by atoms with Crippen LogP contribution in [0.3, 0.4) is 0 Å². The Bertz CT molecular complexity index is 408. The van der Waals surface area contributed by atoms with Gasteiger partial charge in [-0.2, -0.15) is 0 Å². The van der Waals surface area contributed by atoms with Crippen molar-refractivity contribution in [2.24, 2.45) is 0 Å². The molecule has 18 heavy (non-hydrogen) atoms. The van der Waals surface area contributed by atoms with Gasteiger partial charge in [-0.15, -0.1) is 0 Å². The summed E-state index contributed by atoms with van der Waals surface area (Å²) in [6.07, 6.45) is 2.56. The van der Waals surface area contributed by atoms with Crippen LogP contribution in [0, 0.1) is 0 Å². The summed E-state index contributed by atoms with van der Waals surface area (Å²) in [5, 5.41) is 3.95. The summed E-state index contributed by atoms with van der Waals surface area (Å²) in [7, 11) is 6.08. The fourth-order valence-corrected chi connectivity index (χ4v) is 2.44. The number of anilines is 1. The molecular formula is C13H23ClN4. The molecule has 3 N–H and O–H groups in total. The number of pyridine rings is 1. The normalized spacial score (nSPS) is 16.6. The smallest absolute Gasteiger partial charge is 0.128 e. The summed E-state index contributed by atoms with van der Waals surface area (Å²) in [6.45, 7) is 4.37. The lowest BCUT2D eigenvalue weighted by atomic mass is 9.83. The lowest BCUT2D eigenvalue weighted by Gasteiger charge is -2.43. The molecule has 1 rings (SSSR count). The van der Waals surface area contributed by atoms with Crippen molar-refractivity contribution < 1.29 is 0 Å². The molecule has 0 aliphatic rings. The predicted octanol–water partition coefficient (Wildman–Crippen LogP) is 2.31. The molecule has 0 aliphatic heterocycles. The Labute approximate surface area is 115 Å². The molecule has 0 amide bonds. The first-order chi connectivity index (χ1) is 8.36. The van der Waals surface area contributed by atoms with Crippen LogP contribution in [0.4, 0.5) is 5.82 Å². The largest absolute Gasteiger partial charge is 0.383 e.